The summed E-state index contributed by atoms with van der Waals surface area (Å²) < 4.78 is 5.23. The summed E-state index contributed by atoms with van der Waals surface area (Å²) in [7, 11) is 0. The SMILES string of the molecule is C/C(CBr)=C(/C)c1cc2c(C)cc(=O)oc2c(C)c1O. The van der Waals surface area contributed by atoms with E-state index in [0.717, 1.165) is 33.0 Å². The van der Waals surface area contributed by atoms with E-state index in [1.165, 1.54) is 6.07 Å². The van der Waals surface area contributed by atoms with Gasteiger partial charge in [0.15, 0.2) is 0 Å². The van der Waals surface area contributed by atoms with Crippen molar-refractivity contribution in [3.05, 3.63) is 44.8 Å². The highest BCUT2D eigenvalue weighted by Gasteiger charge is 2.15. The molecule has 0 aliphatic carbocycles. The van der Waals surface area contributed by atoms with E-state index in [0.29, 0.717) is 11.1 Å². The van der Waals surface area contributed by atoms with Crippen LogP contribution in [0.25, 0.3) is 16.5 Å². The van der Waals surface area contributed by atoms with E-state index in [1.54, 1.807) is 6.92 Å². The number of halogens is 1. The summed E-state index contributed by atoms with van der Waals surface area (Å²) in [6.45, 7) is 7.63. The molecular weight excluding hydrogens is 320 g/mol. The van der Waals surface area contributed by atoms with E-state index in [-0.39, 0.29) is 5.75 Å². The number of aryl methyl sites for hydroxylation is 2. The topological polar surface area (TPSA) is 50.4 Å². The zero-order valence-electron chi connectivity index (χ0n) is 12.0. The second kappa shape index (κ2) is 5.44. The monoisotopic (exact) mass is 336 g/mol. The fourth-order valence-corrected chi connectivity index (χ4v) is 2.64. The number of hydrogen-bond donors (Lipinski definition) is 1. The molecule has 2 rings (SSSR count). The highest BCUT2D eigenvalue weighted by atomic mass is 79.9. The number of alkyl halides is 1. The van der Waals surface area contributed by atoms with Crippen molar-refractivity contribution in [1.82, 2.24) is 0 Å². The quantitative estimate of drug-likeness (QED) is 0.656. The van der Waals surface area contributed by atoms with Crippen molar-refractivity contribution in [2.24, 2.45) is 0 Å². The molecule has 0 fully saturated rings. The van der Waals surface area contributed by atoms with Crippen LogP contribution in [-0.4, -0.2) is 10.4 Å². The first-order valence-electron chi connectivity index (χ1n) is 6.36. The van der Waals surface area contributed by atoms with Gasteiger partial charge < -0.3 is 9.52 Å². The lowest BCUT2D eigenvalue weighted by molar-refractivity contribution is 0.466. The van der Waals surface area contributed by atoms with Gasteiger partial charge in [-0.1, -0.05) is 21.5 Å². The molecule has 0 spiro atoms. The Bertz CT molecular complexity index is 769. The lowest BCUT2D eigenvalue weighted by Crippen LogP contribution is -2.00. The molecule has 1 aromatic carbocycles. The van der Waals surface area contributed by atoms with Gasteiger partial charge in [0.1, 0.15) is 11.3 Å². The molecule has 1 N–H and O–H groups in total. The molecule has 106 valence electrons. The second-order valence-electron chi connectivity index (χ2n) is 5.06. The molecule has 0 saturated heterocycles. The van der Waals surface area contributed by atoms with Crippen molar-refractivity contribution in [2.75, 3.05) is 5.33 Å². The maximum Gasteiger partial charge on any atom is 0.336 e. The Balaban J connectivity index is 2.91. The first-order valence-corrected chi connectivity index (χ1v) is 7.48. The van der Waals surface area contributed by atoms with Crippen molar-refractivity contribution in [2.45, 2.75) is 27.7 Å². The molecule has 4 heteroatoms. The van der Waals surface area contributed by atoms with Gasteiger partial charge in [-0.3, -0.25) is 0 Å². The standard InChI is InChI=1S/C16H17BrO3/c1-8-5-14(18)20-16-11(4)15(19)13(6-12(8)16)10(3)9(2)7-17/h5-6,19H,7H2,1-4H3/b10-9+. The molecule has 20 heavy (non-hydrogen) atoms. The van der Waals surface area contributed by atoms with Crippen LogP contribution in [0.3, 0.4) is 0 Å². The molecule has 0 amide bonds. The Labute approximate surface area is 126 Å². The van der Waals surface area contributed by atoms with E-state index in [1.807, 2.05) is 26.8 Å². The van der Waals surface area contributed by atoms with E-state index in [4.69, 9.17) is 4.42 Å². The molecule has 2 aromatic rings. The highest BCUT2D eigenvalue weighted by molar-refractivity contribution is 9.09. The van der Waals surface area contributed by atoms with Crippen molar-refractivity contribution in [3.63, 3.8) is 0 Å². The molecule has 0 radical (unpaired) electrons. The Kier molecular flexibility index (Phi) is 4.04. The zero-order valence-corrected chi connectivity index (χ0v) is 13.6. The van der Waals surface area contributed by atoms with E-state index in [2.05, 4.69) is 15.9 Å². The van der Waals surface area contributed by atoms with Crippen LogP contribution < -0.4 is 5.63 Å². The Morgan fingerprint density at radius 2 is 1.95 bits per heavy atom. The summed E-state index contributed by atoms with van der Waals surface area (Å²) in [4.78, 5) is 11.5. The Morgan fingerprint density at radius 3 is 2.55 bits per heavy atom. The van der Waals surface area contributed by atoms with E-state index < -0.39 is 5.63 Å². The van der Waals surface area contributed by atoms with Crippen LogP contribution in [0.5, 0.6) is 5.75 Å². The molecule has 1 aromatic heterocycles. The third-order valence-corrected chi connectivity index (χ3v) is 4.53. The minimum atomic E-state index is -0.394. The molecular formula is C16H17BrO3. The Morgan fingerprint density at radius 1 is 1.30 bits per heavy atom. The number of phenolic OH excluding ortho intramolecular Hbond substituents is 1. The molecule has 3 nitrogen and oxygen atoms in total. The van der Waals surface area contributed by atoms with Gasteiger partial charge in [0.25, 0.3) is 0 Å². The number of benzene rings is 1. The summed E-state index contributed by atoms with van der Waals surface area (Å²) in [5.41, 5.74) is 4.47. The van der Waals surface area contributed by atoms with Crippen LogP contribution in [0.2, 0.25) is 0 Å². The molecule has 0 aliphatic rings. The normalized spacial score (nSPS) is 12.7. The van der Waals surface area contributed by atoms with Crippen LogP contribution in [0.15, 0.2) is 26.9 Å². The third-order valence-electron chi connectivity index (χ3n) is 3.69. The smallest absolute Gasteiger partial charge is 0.336 e. The predicted molar refractivity (Wildman–Crippen MR) is 85.7 cm³/mol. The van der Waals surface area contributed by atoms with Crippen LogP contribution in [-0.2, 0) is 0 Å². The van der Waals surface area contributed by atoms with Gasteiger partial charge in [0.2, 0.25) is 0 Å². The zero-order chi connectivity index (χ0) is 15.0. The molecule has 0 aliphatic heterocycles. The average molecular weight is 337 g/mol. The first-order chi connectivity index (χ1) is 9.36. The maximum atomic E-state index is 11.5. The van der Waals surface area contributed by atoms with Gasteiger partial charge in [0, 0.05) is 27.9 Å². The van der Waals surface area contributed by atoms with Gasteiger partial charge >= 0.3 is 5.63 Å². The molecule has 0 bridgehead atoms. The first kappa shape index (κ1) is 14.9. The van der Waals surface area contributed by atoms with Gasteiger partial charge in [-0.2, -0.15) is 0 Å². The largest absolute Gasteiger partial charge is 0.507 e. The predicted octanol–water partition coefficient (Wildman–Crippen LogP) is 4.30. The average Bonchev–Trinajstić information content (AvgIpc) is 2.41. The lowest BCUT2D eigenvalue weighted by Gasteiger charge is -2.13. The van der Waals surface area contributed by atoms with Crippen molar-refractivity contribution >= 4 is 32.5 Å². The van der Waals surface area contributed by atoms with Gasteiger partial charge in [-0.05, 0) is 44.9 Å². The summed E-state index contributed by atoms with van der Waals surface area (Å²) in [5.74, 6) is 0.170. The number of aromatic hydroxyl groups is 1. The van der Waals surface area contributed by atoms with Crippen molar-refractivity contribution in [3.8, 4) is 5.75 Å². The van der Waals surface area contributed by atoms with Crippen LogP contribution >= 0.6 is 15.9 Å². The number of allylic oxidation sites excluding steroid dienone is 2. The van der Waals surface area contributed by atoms with Gasteiger partial charge in [-0.15, -0.1) is 0 Å². The van der Waals surface area contributed by atoms with Crippen LogP contribution in [0.1, 0.15) is 30.5 Å². The number of phenols is 1. The molecule has 0 atom stereocenters. The highest BCUT2D eigenvalue weighted by Crippen LogP contribution is 2.36. The minimum absolute atomic E-state index is 0.170. The van der Waals surface area contributed by atoms with Crippen LogP contribution in [0.4, 0.5) is 0 Å². The van der Waals surface area contributed by atoms with Crippen molar-refractivity contribution in [1.29, 1.82) is 0 Å². The fourth-order valence-electron chi connectivity index (χ4n) is 2.21. The number of hydrogen-bond acceptors (Lipinski definition) is 3. The number of fused-ring (bicyclic) bond motifs is 1. The molecule has 1 heterocycles. The van der Waals surface area contributed by atoms with Crippen LogP contribution in [0, 0.1) is 13.8 Å². The lowest BCUT2D eigenvalue weighted by atomic mass is 9.96. The summed E-state index contributed by atoms with van der Waals surface area (Å²) >= 11 is 3.43. The van der Waals surface area contributed by atoms with E-state index in [9.17, 15) is 9.90 Å². The minimum Gasteiger partial charge on any atom is -0.507 e. The summed E-state index contributed by atoms with van der Waals surface area (Å²) in [6.07, 6.45) is 0. The number of rotatable bonds is 2. The molecule has 0 saturated carbocycles. The summed E-state index contributed by atoms with van der Waals surface area (Å²) in [6, 6.07) is 3.36. The third kappa shape index (κ3) is 2.40. The van der Waals surface area contributed by atoms with Gasteiger partial charge in [0.05, 0.1) is 0 Å². The summed E-state index contributed by atoms with van der Waals surface area (Å²) in [5, 5.41) is 12.0. The van der Waals surface area contributed by atoms with Crippen molar-refractivity contribution < 1.29 is 9.52 Å². The maximum absolute atomic E-state index is 11.5. The molecule has 0 unspecified atom stereocenters. The van der Waals surface area contributed by atoms with E-state index >= 15 is 0 Å². The Hall–Kier alpha value is -1.55. The fraction of sp³-hybridized carbons (Fsp3) is 0.312. The van der Waals surface area contributed by atoms with Gasteiger partial charge in [-0.25, -0.2) is 4.79 Å². The second-order valence-corrected chi connectivity index (χ2v) is 5.62.